The molecule has 1 aromatic heterocycles. The summed E-state index contributed by atoms with van der Waals surface area (Å²) in [7, 11) is -3.63. The third-order valence-corrected chi connectivity index (χ3v) is 5.74. The SMILES string of the molecule is CC1=CCC(CC2CO2)(S(=O)(=O)n2ccnn2)C=C1. The van der Waals surface area contributed by atoms with Crippen LogP contribution in [0.15, 0.2) is 36.2 Å². The van der Waals surface area contributed by atoms with E-state index in [2.05, 4.69) is 10.3 Å². The van der Waals surface area contributed by atoms with E-state index in [1.807, 2.05) is 19.1 Å². The lowest BCUT2D eigenvalue weighted by Gasteiger charge is -2.30. The van der Waals surface area contributed by atoms with Crippen LogP contribution in [0.3, 0.4) is 0 Å². The Morgan fingerprint density at radius 1 is 1.58 bits per heavy atom. The van der Waals surface area contributed by atoms with Crippen molar-refractivity contribution in [2.75, 3.05) is 6.61 Å². The fourth-order valence-corrected chi connectivity index (χ4v) is 3.94. The second-order valence-electron chi connectivity index (χ2n) is 4.99. The Bertz CT molecular complexity index is 629. The molecule has 3 rings (SSSR count). The lowest BCUT2D eigenvalue weighted by atomic mass is 9.92. The van der Waals surface area contributed by atoms with E-state index in [4.69, 9.17) is 4.74 Å². The number of rotatable bonds is 4. The van der Waals surface area contributed by atoms with Crippen LogP contribution in [0.1, 0.15) is 19.8 Å². The van der Waals surface area contributed by atoms with E-state index in [9.17, 15) is 8.42 Å². The fourth-order valence-electron chi connectivity index (χ4n) is 2.28. The van der Waals surface area contributed by atoms with Gasteiger partial charge in [0.15, 0.2) is 0 Å². The lowest BCUT2D eigenvalue weighted by Crippen LogP contribution is -2.42. The smallest absolute Gasteiger partial charge is 0.264 e. The third-order valence-electron chi connectivity index (χ3n) is 3.56. The van der Waals surface area contributed by atoms with Gasteiger partial charge >= 0.3 is 0 Å². The molecule has 0 saturated carbocycles. The predicted molar refractivity (Wildman–Crippen MR) is 68.9 cm³/mol. The Labute approximate surface area is 111 Å². The molecule has 19 heavy (non-hydrogen) atoms. The van der Waals surface area contributed by atoms with Gasteiger partial charge in [0.05, 0.1) is 25.1 Å². The van der Waals surface area contributed by atoms with E-state index >= 15 is 0 Å². The van der Waals surface area contributed by atoms with E-state index in [1.54, 1.807) is 6.08 Å². The molecule has 2 heterocycles. The molecule has 6 nitrogen and oxygen atoms in total. The molecule has 1 fully saturated rings. The van der Waals surface area contributed by atoms with Gasteiger partial charge in [0.1, 0.15) is 4.75 Å². The van der Waals surface area contributed by atoms with Gasteiger partial charge in [-0.2, -0.15) is 0 Å². The quantitative estimate of drug-likeness (QED) is 0.766. The maximum atomic E-state index is 12.8. The van der Waals surface area contributed by atoms with Crippen molar-refractivity contribution in [3.63, 3.8) is 0 Å². The van der Waals surface area contributed by atoms with E-state index < -0.39 is 14.8 Å². The molecule has 2 atom stereocenters. The van der Waals surface area contributed by atoms with Crippen LogP contribution in [0.4, 0.5) is 0 Å². The maximum Gasteiger partial charge on any atom is 0.264 e. The first-order chi connectivity index (χ1) is 9.03. The van der Waals surface area contributed by atoms with E-state index in [0.29, 0.717) is 19.4 Å². The maximum absolute atomic E-state index is 12.8. The van der Waals surface area contributed by atoms with Crippen molar-refractivity contribution >= 4 is 10.0 Å². The largest absolute Gasteiger partial charge is 0.373 e. The van der Waals surface area contributed by atoms with Crippen molar-refractivity contribution in [3.8, 4) is 0 Å². The van der Waals surface area contributed by atoms with Crippen molar-refractivity contribution in [2.24, 2.45) is 0 Å². The summed E-state index contributed by atoms with van der Waals surface area (Å²) in [6, 6.07) is 0. The molecule has 0 radical (unpaired) electrons. The number of nitrogens with zero attached hydrogens (tertiary/aromatic N) is 3. The normalized spacial score (nSPS) is 30.2. The van der Waals surface area contributed by atoms with Gasteiger partial charge in [0.2, 0.25) is 0 Å². The van der Waals surface area contributed by atoms with Crippen LogP contribution in [-0.2, 0) is 14.8 Å². The average Bonchev–Trinajstić information content (AvgIpc) is 3.01. The summed E-state index contributed by atoms with van der Waals surface area (Å²) in [6.45, 7) is 2.58. The first-order valence-corrected chi connectivity index (χ1v) is 7.57. The van der Waals surface area contributed by atoms with Crippen molar-refractivity contribution in [2.45, 2.75) is 30.6 Å². The number of aromatic nitrogens is 3. The second-order valence-corrected chi connectivity index (χ2v) is 7.13. The van der Waals surface area contributed by atoms with Crippen molar-refractivity contribution in [1.82, 2.24) is 14.4 Å². The van der Waals surface area contributed by atoms with Crippen LogP contribution in [0.25, 0.3) is 0 Å². The van der Waals surface area contributed by atoms with Crippen molar-refractivity contribution < 1.29 is 13.2 Å². The minimum atomic E-state index is -3.63. The molecule has 1 aromatic rings. The van der Waals surface area contributed by atoms with Gasteiger partial charge in [-0.05, 0) is 13.3 Å². The van der Waals surface area contributed by atoms with Crippen LogP contribution in [0.5, 0.6) is 0 Å². The van der Waals surface area contributed by atoms with Crippen LogP contribution in [0, 0.1) is 0 Å². The summed E-state index contributed by atoms with van der Waals surface area (Å²) in [5.74, 6) is 0. The number of hydrogen-bond acceptors (Lipinski definition) is 5. The number of ether oxygens (including phenoxy) is 1. The Hall–Kier alpha value is -1.47. The van der Waals surface area contributed by atoms with E-state index in [1.165, 1.54) is 12.4 Å². The zero-order chi connectivity index (χ0) is 13.5. The van der Waals surface area contributed by atoms with E-state index in [0.717, 1.165) is 9.66 Å². The Kier molecular flexibility index (Phi) is 2.83. The van der Waals surface area contributed by atoms with Gasteiger partial charge in [-0.3, -0.25) is 0 Å². The predicted octanol–water partition coefficient (Wildman–Crippen LogP) is 0.890. The van der Waals surface area contributed by atoms with Gasteiger partial charge < -0.3 is 4.74 Å². The molecule has 0 spiro atoms. The summed E-state index contributed by atoms with van der Waals surface area (Å²) >= 11 is 0. The van der Waals surface area contributed by atoms with Gasteiger partial charge in [-0.25, -0.2) is 8.42 Å². The standard InChI is InChI=1S/C12H15N3O3S/c1-10-2-4-12(5-3-10,8-11-9-18-11)19(16,17)15-7-6-13-14-15/h2-4,6-7,11H,5,8-9H2,1H3. The Balaban J connectivity index is 2.02. The van der Waals surface area contributed by atoms with Gasteiger partial charge in [-0.1, -0.05) is 29.0 Å². The molecule has 0 amide bonds. The molecule has 1 aliphatic heterocycles. The summed E-state index contributed by atoms with van der Waals surface area (Å²) in [5.41, 5.74) is 1.07. The fraction of sp³-hybridized carbons (Fsp3) is 0.500. The van der Waals surface area contributed by atoms with Crippen LogP contribution < -0.4 is 0 Å². The topological polar surface area (TPSA) is 77.4 Å². The molecule has 1 aliphatic carbocycles. The summed E-state index contributed by atoms with van der Waals surface area (Å²) < 4.78 is 30.7. The molecule has 102 valence electrons. The highest BCUT2D eigenvalue weighted by Gasteiger charge is 2.47. The first kappa shape index (κ1) is 12.6. The zero-order valence-corrected chi connectivity index (χ0v) is 11.4. The van der Waals surface area contributed by atoms with Crippen molar-refractivity contribution in [3.05, 3.63) is 36.2 Å². The third kappa shape index (κ3) is 2.12. The monoisotopic (exact) mass is 281 g/mol. The lowest BCUT2D eigenvalue weighted by molar-refractivity contribution is 0.374. The molecule has 0 N–H and O–H groups in total. The number of allylic oxidation sites excluding steroid dienone is 3. The average molecular weight is 281 g/mol. The Morgan fingerprint density at radius 3 is 2.89 bits per heavy atom. The summed E-state index contributed by atoms with van der Waals surface area (Å²) in [6.07, 6.45) is 9.20. The van der Waals surface area contributed by atoms with Crippen molar-refractivity contribution in [1.29, 1.82) is 0 Å². The first-order valence-electron chi connectivity index (χ1n) is 6.13. The van der Waals surface area contributed by atoms with E-state index in [-0.39, 0.29) is 6.10 Å². The highest BCUT2D eigenvalue weighted by atomic mass is 32.2. The molecule has 0 bridgehead atoms. The van der Waals surface area contributed by atoms with Gasteiger partial charge in [0, 0.05) is 6.42 Å². The minimum Gasteiger partial charge on any atom is -0.373 e. The van der Waals surface area contributed by atoms with Gasteiger partial charge in [0.25, 0.3) is 10.0 Å². The van der Waals surface area contributed by atoms with Crippen LogP contribution >= 0.6 is 0 Å². The highest BCUT2D eigenvalue weighted by Crippen LogP contribution is 2.37. The molecule has 2 aliphatic rings. The molecule has 7 heteroatoms. The van der Waals surface area contributed by atoms with Crippen LogP contribution in [0.2, 0.25) is 0 Å². The number of hydrogen-bond donors (Lipinski definition) is 0. The summed E-state index contributed by atoms with van der Waals surface area (Å²) in [5, 5.41) is 7.23. The minimum absolute atomic E-state index is 0.0229. The van der Waals surface area contributed by atoms with Gasteiger partial charge in [-0.15, -0.1) is 9.19 Å². The highest BCUT2D eigenvalue weighted by molar-refractivity contribution is 7.91. The number of epoxide rings is 1. The van der Waals surface area contributed by atoms with Crippen LogP contribution in [-0.4, -0.2) is 40.3 Å². The molecule has 1 saturated heterocycles. The molecular weight excluding hydrogens is 266 g/mol. The molecular formula is C12H15N3O3S. The zero-order valence-electron chi connectivity index (χ0n) is 10.6. The molecule has 2 unspecified atom stereocenters. The molecule has 0 aromatic carbocycles. The second kappa shape index (κ2) is 4.28. The summed E-state index contributed by atoms with van der Waals surface area (Å²) in [4.78, 5) is 0. The Morgan fingerprint density at radius 2 is 2.37 bits per heavy atom.